The highest BCUT2D eigenvalue weighted by molar-refractivity contribution is 6.35. The van der Waals surface area contributed by atoms with Crippen molar-refractivity contribution in [2.75, 3.05) is 54.8 Å². The molecule has 3 fully saturated rings. The summed E-state index contributed by atoms with van der Waals surface area (Å²) in [7, 11) is 0. The molecular weight excluding hydrogens is 797 g/mol. The Bertz CT molecular complexity index is 2360. The number of hydrogen-bond donors (Lipinski definition) is 3. The molecule has 0 aliphatic carbocycles. The van der Waals surface area contributed by atoms with Crippen LogP contribution >= 0.6 is 23.2 Å². The van der Waals surface area contributed by atoms with Crippen LogP contribution in [0.15, 0.2) is 67.1 Å². The number of ether oxygens (including phenoxy) is 1. The summed E-state index contributed by atoms with van der Waals surface area (Å²) >= 11 is 12.7. The summed E-state index contributed by atoms with van der Waals surface area (Å²) in [5.74, 6) is -0.910. The fourth-order valence-corrected chi connectivity index (χ4v) is 9.02. The van der Waals surface area contributed by atoms with E-state index in [-0.39, 0.29) is 35.8 Å². The lowest BCUT2D eigenvalue weighted by molar-refractivity contribution is -0.137. The van der Waals surface area contributed by atoms with E-state index in [9.17, 15) is 24.0 Å². The highest BCUT2D eigenvalue weighted by Crippen LogP contribution is 2.37. The number of piperidine rings is 2. The van der Waals surface area contributed by atoms with Gasteiger partial charge in [-0.3, -0.25) is 44.6 Å². The Morgan fingerprint density at radius 1 is 0.898 bits per heavy atom. The van der Waals surface area contributed by atoms with Gasteiger partial charge >= 0.3 is 0 Å². The largest absolute Gasteiger partial charge is 0.486 e. The number of fused-ring (bicyclic) bond motifs is 1. The van der Waals surface area contributed by atoms with Crippen LogP contribution in [0.2, 0.25) is 10.0 Å². The Balaban J connectivity index is 0.847. The number of carbonyl (C=O) groups is 5. The maximum atomic E-state index is 13.7. The third-order valence-electron chi connectivity index (χ3n) is 11.5. The highest BCUT2D eigenvalue weighted by Gasteiger charge is 2.46. The maximum Gasteiger partial charge on any atom is 0.264 e. The lowest BCUT2D eigenvalue weighted by atomic mass is 9.93. The fraction of sp³-hybridized carbons (Fsp3) is 0.333. The molecule has 2 atom stereocenters. The van der Waals surface area contributed by atoms with Crippen molar-refractivity contribution >= 4 is 75.6 Å². The highest BCUT2D eigenvalue weighted by atomic mass is 35.5. The number of nitrogens with zero attached hydrogens (tertiary/aromatic N) is 6. The molecule has 6 heterocycles. The minimum atomic E-state index is -1.03. The second-order valence-corrected chi connectivity index (χ2v) is 15.9. The first kappa shape index (κ1) is 39.8. The van der Waals surface area contributed by atoms with Gasteiger partial charge in [0.2, 0.25) is 23.4 Å². The number of anilines is 3. The van der Waals surface area contributed by atoms with Gasteiger partial charge in [0, 0.05) is 81.4 Å². The Morgan fingerprint density at radius 3 is 2.31 bits per heavy atom. The molecule has 17 heteroatoms. The summed E-state index contributed by atoms with van der Waals surface area (Å²) in [6.45, 7) is 5.22. The van der Waals surface area contributed by atoms with Crippen molar-refractivity contribution < 1.29 is 34.1 Å². The fourth-order valence-electron chi connectivity index (χ4n) is 8.34. The van der Waals surface area contributed by atoms with Crippen molar-refractivity contribution in [1.82, 2.24) is 25.1 Å². The van der Waals surface area contributed by atoms with E-state index < -0.39 is 35.8 Å². The molecule has 15 nitrogen and oxygen atoms in total. The van der Waals surface area contributed by atoms with Gasteiger partial charge in [0.15, 0.2) is 0 Å². The van der Waals surface area contributed by atoms with E-state index >= 15 is 0 Å². The van der Waals surface area contributed by atoms with Crippen LogP contribution in [0.1, 0.15) is 76.1 Å². The molecule has 4 aliphatic rings. The van der Waals surface area contributed by atoms with Crippen molar-refractivity contribution in [1.29, 1.82) is 0 Å². The summed E-state index contributed by atoms with van der Waals surface area (Å²) in [5, 5.41) is 9.66. The van der Waals surface area contributed by atoms with Gasteiger partial charge in [-0.25, -0.2) is 4.98 Å². The van der Waals surface area contributed by atoms with E-state index in [1.807, 2.05) is 28.9 Å². The number of pyridine rings is 2. The van der Waals surface area contributed by atoms with E-state index in [1.165, 1.54) is 12.4 Å². The first-order valence-electron chi connectivity index (χ1n) is 19.5. The van der Waals surface area contributed by atoms with E-state index in [0.717, 1.165) is 10.7 Å². The number of halogens is 2. The van der Waals surface area contributed by atoms with Gasteiger partial charge < -0.3 is 25.2 Å². The number of imide groups is 2. The Kier molecular flexibility index (Phi) is 11.0. The zero-order valence-electron chi connectivity index (χ0n) is 32.2. The van der Waals surface area contributed by atoms with Crippen molar-refractivity contribution in [2.24, 2.45) is 5.92 Å². The predicted molar refractivity (Wildman–Crippen MR) is 220 cm³/mol. The molecule has 1 unspecified atom stereocenters. The summed E-state index contributed by atoms with van der Waals surface area (Å²) in [6.07, 6.45) is 5.61. The lowest BCUT2D eigenvalue weighted by Crippen LogP contribution is -2.54. The number of benzene rings is 2. The average molecular weight is 840 g/mol. The third kappa shape index (κ3) is 7.67. The van der Waals surface area contributed by atoms with E-state index in [0.29, 0.717) is 102 Å². The van der Waals surface area contributed by atoms with Gasteiger partial charge in [0.05, 0.1) is 38.0 Å². The number of piperazine rings is 1. The first-order valence-corrected chi connectivity index (χ1v) is 20.2. The molecule has 5 N–H and O–H groups in total. The van der Waals surface area contributed by atoms with Crippen LogP contribution in [0.3, 0.4) is 0 Å². The minimum absolute atomic E-state index is 0.0538. The van der Waals surface area contributed by atoms with Crippen LogP contribution in [0, 0.1) is 5.92 Å². The lowest BCUT2D eigenvalue weighted by Gasteiger charge is -2.39. The van der Waals surface area contributed by atoms with Crippen LogP contribution in [-0.2, 0) is 14.4 Å². The minimum Gasteiger partial charge on any atom is -0.486 e. The SMILES string of the molecule is C[C@@H](Oc1ccc(N)c(C(=[NH2+])c2ccc(N3CCN(C(=O)C4CCN(c5cccc6c5C(=O)N(C5CCC(=O)NC5=O)C6=O)CC4)CC3)nc2)c1)c1c(Cl)cncc1Cl. The van der Waals surface area contributed by atoms with Gasteiger partial charge in [-0.1, -0.05) is 29.3 Å². The summed E-state index contributed by atoms with van der Waals surface area (Å²) in [5.41, 5.74) is 10.3. The third-order valence-corrected chi connectivity index (χ3v) is 12.1. The van der Waals surface area contributed by atoms with Crippen molar-refractivity contribution in [3.05, 3.63) is 105 Å². The molecule has 0 radical (unpaired) electrons. The standard InChI is InChI=1S/C42H41Cl2N9O6/c1-23(36-29(43)21-47-22-30(36)44)59-26-6-7-31(45)28(19-26)38(46)25-5-9-34(48-20-25)51-15-17-52(18-16-51)40(56)24-11-13-50(14-12-24)32-4-2-3-27-37(32)42(58)53(41(27)57)33-8-10-35(54)49-39(33)55/h2-7,9,19-24,33,46H,8,10-18,45H2,1H3,(H,49,54,55)/p+1/t23-,33?/m1/s1. The zero-order valence-corrected chi connectivity index (χ0v) is 33.7. The van der Waals surface area contributed by atoms with Crippen LogP contribution in [-0.4, -0.2) is 100 Å². The van der Waals surface area contributed by atoms with E-state index in [4.69, 9.17) is 44.1 Å². The number of hydrogen-bond acceptors (Lipinski definition) is 11. The second-order valence-electron chi connectivity index (χ2n) is 15.1. The van der Waals surface area contributed by atoms with Crippen LogP contribution in [0.4, 0.5) is 17.2 Å². The average Bonchev–Trinajstić information content (AvgIpc) is 3.49. The van der Waals surface area contributed by atoms with E-state index in [1.54, 1.807) is 42.6 Å². The second kappa shape index (κ2) is 16.3. The van der Waals surface area contributed by atoms with Crippen molar-refractivity contribution in [3.63, 3.8) is 0 Å². The molecule has 59 heavy (non-hydrogen) atoms. The van der Waals surface area contributed by atoms with Gasteiger partial charge in [-0.05, 0) is 68.7 Å². The molecule has 4 aliphatic heterocycles. The smallest absolute Gasteiger partial charge is 0.264 e. The van der Waals surface area contributed by atoms with Gasteiger partial charge in [0.1, 0.15) is 23.7 Å². The number of amides is 5. The van der Waals surface area contributed by atoms with Gasteiger partial charge in [0.25, 0.3) is 11.8 Å². The van der Waals surface area contributed by atoms with Crippen LogP contribution in [0.25, 0.3) is 0 Å². The first-order chi connectivity index (χ1) is 28.4. The molecule has 5 amide bonds. The number of nitrogen functional groups attached to an aromatic ring is 1. The number of rotatable bonds is 9. The summed E-state index contributed by atoms with van der Waals surface area (Å²) < 4.78 is 6.16. The van der Waals surface area contributed by atoms with Crippen LogP contribution in [0.5, 0.6) is 5.75 Å². The molecule has 2 aromatic heterocycles. The Labute approximate surface area is 349 Å². The quantitative estimate of drug-likeness (QED) is 0.127. The van der Waals surface area contributed by atoms with Gasteiger partial charge in [-0.2, -0.15) is 0 Å². The number of aromatic nitrogens is 2. The molecule has 0 bridgehead atoms. The number of carbonyl (C=O) groups excluding carboxylic acids is 5. The molecule has 4 aromatic rings. The molecule has 3 saturated heterocycles. The van der Waals surface area contributed by atoms with E-state index in [2.05, 4.69) is 15.2 Å². The van der Waals surface area contributed by atoms with Crippen molar-refractivity contribution in [3.8, 4) is 5.75 Å². The number of nitrogens with two attached hydrogens (primary N) is 2. The normalized spacial score (nSPS) is 19.1. The number of nitrogens with one attached hydrogen (secondary N) is 1. The topological polar surface area (TPSA) is 197 Å². The Hall–Kier alpha value is -6.06. The molecule has 8 rings (SSSR count). The summed E-state index contributed by atoms with van der Waals surface area (Å²) in [6, 6.07) is 13.1. The van der Waals surface area contributed by atoms with Gasteiger partial charge in [-0.15, -0.1) is 0 Å². The molecule has 2 aromatic carbocycles. The molecule has 304 valence electrons. The van der Waals surface area contributed by atoms with Crippen LogP contribution < -0.4 is 31.0 Å². The molecular formula is C42H42Cl2N9O6+. The molecule has 0 saturated carbocycles. The maximum absolute atomic E-state index is 13.7. The zero-order chi connectivity index (χ0) is 41.5. The molecule has 0 spiro atoms. The Morgan fingerprint density at radius 2 is 1.63 bits per heavy atom. The van der Waals surface area contributed by atoms with Crippen molar-refractivity contribution in [2.45, 2.75) is 44.8 Å². The summed E-state index contributed by atoms with van der Waals surface area (Å²) in [4.78, 5) is 80.7. The monoisotopic (exact) mass is 838 g/mol. The predicted octanol–water partition coefficient (Wildman–Crippen LogP) is 3.07.